The molecule has 1 aliphatic heterocycles. The Labute approximate surface area is 128 Å². The lowest BCUT2D eigenvalue weighted by molar-refractivity contribution is 0.0640. The number of anilines is 1. The average molecular weight is 288 g/mol. The Morgan fingerprint density at radius 1 is 1.29 bits per heavy atom. The van der Waals surface area contributed by atoms with Crippen LogP contribution in [-0.2, 0) is 6.42 Å². The van der Waals surface area contributed by atoms with Crippen molar-refractivity contribution >= 4 is 11.6 Å². The van der Waals surface area contributed by atoms with Crippen LogP contribution in [0.2, 0.25) is 0 Å². The summed E-state index contributed by atoms with van der Waals surface area (Å²) in [5.74, 6) is 0.663. The van der Waals surface area contributed by atoms with E-state index in [0.29, 0.717) is 12.0 Å². The van der Waals surface area contributed by atoms with E-state index in [1.807, 2.05) is 12.1 Å². The Bertz CT molecular complexity index is 492. The largest absolute Gasteiger partial charge is 0.384 e. The molecular formula is C18H28N2O. The third kappa shape index (κ3) is 3.58. The summed E-state index contributed by atoms with van der Waals surface area (Å²) in [6.07, 6.45) is 3.09. The third-order valence-corrected chi connectivity index (χ3v) is 4.27. The van der Waals surface area contributed by atoms with E-state index in [2.05, 4.69) is 44.0 Å². The molecule has 1 aromatic carbocycles. The molecule has 3 heteroatoms. The first-order valence-corrected chi connectivity index (χ1v) is 8.24. The Morgan fingerprint density at radius 2 is 2.00 bits per heavy atom. The van der Waals surface area contributed by atoms with E-state index in [-0.39, 0.29) is 5.91 Å². The van der Waals surface area contributed by atoms with Gasteiger partial charge in [0.2, 0.25) is 0 Å². The van der Waals surface area contributed by atoms with Gasteiger partial charge in [0.1, 0.15) is 0 Å². The normalized spacial score (nSPS) is 13.4. The minimum Gasteiger partial charge on any atom is -0.384 e. The van der Waals surface area contributed by atoms with Gasteiger partial charge in [0, 0.05) is 30.4 Å². The fourth-order valence-corrected chi connectivity index (χ4v) is 3.11. The predicted octanol–water partition coefficient (Wildman–Crippen LogP) is 3.94. The van der Waals surface area contributed by atoms with E-state index < -0.39 is 0 Å². The van der Waals surface area contributed by atoms with Crippen LogP contribution in [0.5, 0.6) is 0 Å². The number of carbonyl (C=O) groups excluding carboxylic acids is 1. The summed E-state index contributed by atoms with van der Waals surface area (Å²) in [7, 11) is 0. The van der Waals surface area contributed by atoms with E-state index in [1.54, 1.807) is 0 Å². The fraction of sp³-hybridized carbons (Fsp3) is 0.611. The van der Waals surface area contributed by atoms with Gasteiger partial charge in [0.05, 0.1) is 0 Å². The van der Waals surface area contributed by atoms with Gasteiger partial charge in [-0.05, 0) is 42.9 Å². The molecule has 2 rings (SSSR count). The van der Waals surface area contributed by atoms with Gasteiger partial charge in [-0.2, -0.15) is 0 Å². The molecule has 0 saturated heterocycles. The molecule has 1 aromatic rings. The summed E-state index contributed by atoms with van der Waals surface area (Å²) in [6.45, 7) is 10.5. The molecule has 0 saturated carbocycles. The molecule has 0 fully saturated rings. The second-order valence-electron chi connectivity index (χ2n) is 6.37. The molecule has 1 heterocycles. The van der Waals surface area contributed by atoms with E-state index in [4.69, 9.17) is 0 Å². The van der Waals surface area contributed by atoms with Gasteiger partial charge in [-0.1, -0.05) is 33.8 Å². The Hall–Kier alpha value is -1.51. The van der Waals surface area contributed by atoms with Crippen molar-refractivity contribution in [2.75, 3.05) is 18.4 Å². The smallest absolute Gasteiger partial charge is 0.254 e. The van der Waals surface area contributed by atoms with Crippen LogP contribution in [0, 0.1) is 5.92 Å². The first-order chi connectivity index (χ1) is 10.1. The molecule has 1 amide bonds. The number of fused-ring (bicyclic) bond motifs is 1. The molecule has 0 atom stereocenters. The predicted molar refractivity (Wildman–Crippen MR) is 88.9 cm³/mol. The molecule has 0 aromatic heterocycles. The van der Waals surface area contributed by atoms with Gasteiger partial charge >= 0.3 is 0 Å². The number of rotatable bonds is 6. The number of carbonyl (C=O) groups is 1. The highest BCUT2D eigenvalue weighted by molar-refractivity contribution is 5.95. The number of hydrogen-bond donors (Lipinski definition) is 1. The average Bonchev–Trinajstić information content (AvgIpc) is 2.93. The van der Waals surface area contributed by atoms with Gasteiger partial charge in [0.15, 0.2) is 0 Å². The summed E-state index contributed by atoms with van der Waals surface area (Å²) < 4.78 is 0. The summed E-state index contributed by atoms with van der Waals surface area (Å²) in [5, 5.41) is 3.36. The molecule has 1 N–H and O–H groups in total. The number of amides is 1. The third-order valence-electron chi connectivity index (χ3n) is 4.27. The van der Waals surface area contributed by atoms with Gasteiger partial charge < -0.3 is 10.2 Å². The zero-order valence-electron chi connectivity index (χ0n) is 13.8. The SMILES string of the molecule is CCC(CC)N(CC(C)C)C(=O)c1ccc2c(c1)NCC2. The molecule has 0 bridgehead atoms. The zero-order valence-corrected chi connectivity index (χ0v) is 13.8. The minimum absolute atomic E-state index is 0.175. The highest BCUT2D eigenvalue weighted by Crippen LogP contribution is 2.25. The Kier molecular flexibility index (Phi) is 5.27. The van der Waals surface area contributed by atoms with Gasteiger partial charge in [0.25, 0.3) is 5.91 Å². The summed E-state index contributed by atoms with van der Waals surface area (Å²) in [4.78, 5) is 15.0. The van der Waals surface area contributed by atoms with Crippen LogP contribution in [0.4, 0.5) is 5.69 Å². The van der Waals surface area contributed by atoms with Crippen molar-refractivity contribution in [3.8, 4) is 0 Å². The fourth-order valence-electron chi connectivity index (χ4n) is 3.11. The molecule has 1 aliphatic rings. The Morgan fingerprint density at radius 3 is 2.62 bits per heavy atom. The lowest BCUT2D eigenvalue weighted by Crippen LogP contribution is -2.42. The van der Waals surface area contributed by atoms with Crippen molar-refractivity contribution in [1.82, 2.24) is 4.90 Å². The summed E-state index contributed by atoms with van der Waals surface area (Å²) in [6, 6.07) is 6.45. The van der Waals surface area contributed by atoms with Crippen LogP contribution in [0.1, 0.15) is 56.5 Å². The van der Waals surface area contributed by atoms with E-state index in [0.717, 1.165) is 43.6 Å². The molecule has 0 unspecified atom stereocenters. The van der Waals surface area contributed by atoms with E-state index in [1.165, 1.54) is 5.56 Å². The van der Waals surface area contributed by atoms with Crippen molar-refractivity contribution in [2.24, 2.45) is 5.92 Å². The quantitative estimate of drug-likeness (QED) is 0.860. The van der Waals surface area contributed by atoms with Crippen LogP contribution < -0.4 is 5.32 Å². The van der Waals surface area contributed by atoms with Crippen LogP contribution in [-0.4, -0.2) is 29.9 Å². The molecular weight excluding hydrogens is 260 g/mol. The van der Waals surface area contributed by atoms with Crippen molar-refractivity contribution in [1.29, 1.82) is 0 Å². The van der Waals surface area contributed by atoms with Crippen LogP contribution in [0.25, 0.3) is 0 Å². The van der Waals surface area contributed by atoms with Gasteiger partial charge in [-0.25, -0.2) is 0 Å². The van der Waals surface area contributed by atoms with Crippen molar-refractivity contribution in [2.45, 2.75) is 53.0 Å². The second-order valence-corrected chi connectivity index (χ2v) is 6.37. The van der Waals surface area contributed by atoms with Crippen molar-refractivity contribution < 1.29 is 4.79 Å². The van der Waals surface area contributed by atoms with Crippen molar-refractivity contribution in [3.63, 3.8) is 0 Å². The van der Waals surface area contributed by atoms with Crippen molar-refractivity contribution in [3.05, 3.63) is 29.3 Å². The molecule has 0 aliphatic carbocycles. The molecule has 116 valence electrons. The maximum atomic E-state index is 12.9. The molecule has 3 nitrogen and oxygen atoms in total. The molecule has 0 radical (unpaired) electrons. The maximum absolute atomic E-state index is 12.9. The van der Waals surface area contributed by atoms with Crippen LogP contribution in [0.15, 0.2) is 18.2 Å². The first-order valence-electron chi connectivity index (χ1n) is 8.24. The summed E-state index contributed by atoms with van der Waals surface area (Å²) >= 11 is 0. The number of nitrogens with zero attached hydrogens (tertiary/aromatic N) is 1. The minimum atomic E-state index is 0.175. The molecule has 21 heavy (non-hydrogen) atoms. The highest BCUT2D eigenvalue weighted by Gasteiger charge is 2.24. The Balaban J connectivity index is 2.24. The van der Waals surface area contributed by atoms with Gasteiger partial charge in [-0.15, -0.1) is 0 Å². The lowest BCUT2D eigenvalue weighted by atomic mass is 10.0. The second kappa shape index (κ2) is 6.97. The topological polar surface area (TPSA) is 32.3 Å². The summed E-state index contributed by atoms with van der Waals surface area (Å²) in [5.41, 5.74) is 3.27. The molecule has 0 spiro atoms. The number of hydrogen-bond acceptors (Lipinski definition) is 2. The van der Waals surface area contributed by atoms with Gasteiger partial charge in [-0.3, -0.25) is 4.79 Å². The maximum Gasteiger partial charge on any atom is 0.254 e. The first kappa shape index (κ1) is 15.9. The van der Waals surface area contributed by atoms with E-state index >= 15 is 0 Å². The number of benzene rings is 1. The lowest BCUT2D eigenvalue weighted by Gasteiger charge is -2.32. The van der Waals surface area contributed by atoms with Crippen LogP contribution in [0.3, 0.4) is 0 Å². The zero-order chi connectivity index (χ0) is 15.4. The number of nitrogens with one attached hydrogen (secondary N) is 1. The van der Waals surface area contributed by atoms with E-state index in [9.17, 15) is 4.79 Å². The van der Waals surface area contributed by atoms with Crippen LogP contribution >= 0.6 is 0 Å². The highest BCUT2D eigenvalue weighted by atomic mass is 16.2. The standard InChI is InChI=1S/C18H28N2O/c1-5-16(6-2)20(12-13(3)4)18(21)15-8-7-14-9-10-19-17(14)11-15/h7-8,11,13,16,19H,5-6,9-10,12H2,1-4H3. The monoisotopic (exact) mass is 288 g/mol.